The monoisotopic (exact) mass is 407 g/mol. The third-order valence-corrected chi connectivity index (χ3v) is 7.67. The zero-order valence-electron chi connectivity index (χ0n) is 18.6. The first-order valence-corrected chi connectivity index (χ1v) is 13.5. The van der Waals surface area contributed by atoms with Gasteiger partial charge < -0.3 is 19.0 Å². The highest BCUT2D eigenvalue weighted by atomic mass is 28.3. The van der Waals surface area contributed by atoms with E-state index in [1.54, 1.807) is 0 Å². The number of hydrogen-bond acceptors (Lipinski definition) is 4. The third-order valence-electron chi connectivity index (χ3n) is 6.91. The highest BCUT2D eigenvalue weighted by molar-refractivity contribution is 6.48. The molecule has 3 rings (SSSR count). The summed E-state index contributed by atoms with van der Waals surface area (Å²) in [6.45, 7) is 14.7. The third kappa shape index (κ3) is 4.09. The maximum absolute atomic E-state index is 10.8. The van der Waals surface area contributed by atoms with Crippen molar-refractivity contribution in [2.75, 3.05) is 13.2 Å². The lowest BCUT2D eigenvalue weighted by Crippen LogP contribution is -2.54. The fourth-order valence-corrected chi connectivity index (χ4v) is 6.40. The SMILES string of the molecule is CCCCCC(C#CC1C(O)CC2C1CC21OCCO1)(O[Si](C)C)C(C)(C)C. The van der Waals surface area contributed by atoms with Crippen molar-refractivity contribution in [1.82, 2.24) is 0 Å². The Balaban J connectivity index is 1.82. The van der Waals surface area contributed by atoms with Crippen LogP contribution in [0.15, 0.2) is 0 Å². The molecular weight excluding hydrogens is 368 g/mol. The molecule has 5 unspecified atom stereocenters. The van der Waals surface area contributed by atoms with Gasteiger partial charge in [-0.05, 0) is 38.3 Å². The summed E-state index contributed by atoms with van der Waals surface area (Å²) in [6, 6.07) is 0. The molecule has 4 nitrogen and oxygen atoms in total. The first-order chi connectivity index (χ1) is 13.1. The van der Waals surface area contributed by atoms with Gasteiger partial charge >= 0.3 is 0 Å². The molecule has 2 aliphatic carbocycles. The summed E-state index contributed by atoms with van der Waals surface area (Å²) in [5.74, 6) is 7.38. The summed E-state index contributed by atoms with van der Waals surface area (Å²) in [6.07, 6.45) is 5.69. The van der Waals surface area contributed by atoms with Gasteiger partial charge in [0, 0.05) is 23.7 Å². The molecule has 28 heavy (non-hydrogen) atoms. The molecule has 1 aliphatic heterocycles. The van der Waals surface area contributed by atoms with Crippen LogP contribution in [0.4, 0.5) is 0 Å². The topological polar surface area (TPSA) is 47.9 Å². The van der Waals surface area contributed by atoms with Crippen molar-refractivity contribution >= 4 is 9.04 Å². The van der Waals surface area contributed by atoms with E-state index in [1.807, 2.05) is 0 Å². The first kappa shape index (κ1) is 22.3. The minimum Gasteiger partial charge on any atom is -0.401 e. The van der Waals surface area contributed by atoms with Crippen LogP contribution in [0.3, 0.4) is 0 Å². The molecule has 3 fully saturated rings. The normalized spacial score (nSPS) is 33.3. The average molecular weight is 408 g/mol. The van der Waals surface area contributed by atoms with Crippen LogP contribution in [-0.2, 0) is 13.9 Å². The Morgan fingerprint density at radius 1 is 1.18 bits per heavy atom. The molecule has 0 amide bonds. The lowest BCUT2D eigenvalue weighted by Gasteiger charge is -2.48. The summed E-state index contributed by atoms with van der Waals surface area (Å²) in [5, 5.41) is 10.8. The van der Waals surface area contributed by atoms with Crippen LogP contribution >= 0.6 is 0 Å². The number of ether oxygens (including phenoxy) is 2. The minimum atomic E-state index is -0.901. The molecular formula is C23H39O4Si. The van der Waals surface area contributed by atoms with Crippen LogP contribution in [0.2, 0.25) is 13.1 Å². The summed E-state index contributed by atoms with van der Waals surface area (Å²) in [4.78, 5) is 0. The van der Waals surface area contributed by atoms with Crippen molar-refractivity contribution in [3.05, 3.63) is 0 Å². The van der Waals surface area contributed by atoms with Gasteiger partial charge in [-0.1, -0.05) is 52.4 Å². The van der Waals surface area contributed by atoms with Crippen molar-refractivity contribution in [2.24, 2.45) is 23.2 Å². The molecule has 1 saturated heterocycles. The van der Waals surface area contributed by atoms with E-state index >= 15 is 0 Å². The highest BCUT2D eigenvalue weighted by Gasteiger charge is 2.64. The Kier molecular flexibility index (Phi) is 6.69. The van der Waals surface area contributed by atoms with Gasteiger partial charge in [0.15, 0.2) is 5.79 Å². The lowest BCUT2D eigenvalue weighted by molar-refractivity contribution is -0.270. The van der Waals surface area contributed by atoms with Crippen LogP contribution in [-0.4, -0.2) is 44.9 Å². The van der Waals surface area contributed by atoms with E-state index in [2.05, 4.69) is 52.6 Å². The van der Waals surface area contributed by atoms with Gasteiger partial charge in [0.1, 0.15) is 5.60 Å². The maximum atomic E-state index is 10.8. The molecule has 2 saturated carbocycles. The Morgan fingerprint density at radius 2 is 1.86 bits per heavy atom. The van der Waals surface area contributed by atoms with Crippen molar-refractivity contribution < 1.29 is 19.0 Å². The minimum absolute atomic E-state index is 0.00399. The Labute approximate surface area is 173 Å². The van der Waals surface area contributed by atoms with E-state index in [0.29, 0.717) is 19.1 Å². The first-order valence-electron chi connectivity index (χ1n) is 11.1. The molecule has 1 spiro atoms. The van der Waals surface area contributed by atoms with Crippen LogP contribution < -0.4 is 0 Å². The predicted octanol–water partition coefficient (Wildman–Crippen LogP) is 4.38. The van der Waals surface area contributed by atoms with Gasteiger partial charge in [-0.2, -0.15) is 0 Å². The van der Waals surface area contributed by atoms with Crippen LogP contribution in [0.1, 0.15) is 66.2 Å². The molecule has 0 aromatic heterocycles. The van der Waals surface area contributed by atoms with Crippen LogP contribution in [0, 0.1) is 35.0 Å². The fraction of sp³-hybridized carbons (Fsp3) is 0.913. The molecule has 1 heterocycles. The van der Waals surface area contributed by atoms with E-state index in [9.17, 15) is 5.11 Å². The molecule has 0 aromatic carbocycles. The largest absolute Gasteiger partial charge is 0.401 e. The van der Waals surface area contributed by atoms with E-state index in [1.165, 1.54) is 12.8 Å². The van der Waals surface area contributed by atoms with E-state index in [-0.39, 0.29) is 17.3 Å². The summed E-state index contributed by atoms with van der Waals surface area (Å²) < 4.78 is 18.4. The molecule has 3 aliphatic rings. The summed E-state index contributed by atoms with van der Waals surface area (Å²) >= 11 is 0. The van der Waals surface area contributed by atoms with Crippen molar-refractivity contribution in [3.8, 4) is 11.8 Å². The van der Waals surface area contributed by atoms with Gasteiger partial charge in [0.2, 0.25) is 9.04 Å². The molecule has 0 aromatic rings. The molecule has 1 radical (unpaired) electrons. The second kappa shape index (κ2) is 8.39. The maximum Gasteiger partial charge on any atom is 0.207 e. The molecule has 5 atom stereocenters. The van der Waals surface area contributed by atoms with Crippen molar-refractivity contribution in [2.45, 2.75) is 96.8 Å². The number of aliphatic hydroxyl groups is 1. The number of unbranched alkanes of at least 4 members (excludes halogenated alkanes) is 2. The zero-order valence-corrected chi connectivity index (χ0v) is 19.6. The van der Waals surface area contributed by atoms with Crippen molar-refractivity contribution in [3.63, 3.8) is 0 Å². The Hall–Kier alpha value is -0.383. The lowest BCUT2D eigenvalue weighted by atomic mass is 9.67. The highest BCUT2D eigenvalue weighted by Crippen LogP contribution is 2.59. The van der Waals surface area contributed by atoms with Gasteiger partial charge in [0.05, 0.1) is 19.3 Å². The number of fused-ring (bicyclic) bond motifs is 2. The Bertz CT molecular complexity index is 596. The smallest absolute Gasteiger partial charge is 0.207 e. The van der Waals surface area contributed by atoms with E-state index < -0.39 is 26.5 Å². The van der Waals surface area contributed by atoms with E-state index in [0.717, 1.165) is 25.7 Å². The summed E-state index contributed by atoms with van der Waals surface area (Å²) in [7, 11) is -0.901. The Morgan fingerprint density at radius 3 is 2.43 bits per heavy atom. The number of aliphatic hydroxyl groups excluding tert-OH is 1. The van der Waals surface area contributed by atoms with E-state index in [4.69, 9.17) is 13.9 Å². The van der Waals surface area contributed by atoms with Gasteiger partial charge in [0.25, 0.3) is 0 Å². The standard InChI is InChI=1S/C23H39O4Si/c1-7-8-9-11-22(21(2,3)4,27-28(5)6)12-10-17-18-16-23(25-13-14-26-23)19(18)15-20(17)24/h17-20,24H,7-9,11,13-16H2,1-6H3. The second-order valence-corrected chi connectivity index (χ2v) is 12.1. The number of hydrogen-bond donors (Lipinski definition) is 1. The van der Waals surface area contributed by atoms with Gasteiger partial charge in [-0.3, -0.25) is 0 Å². The van der Waals surface area contributed by atoms with Gasteiger partial charge in [-0.25, -0.2) is 0 Å². The van der Waals surface area contributed by atoms with Crippen LogP contribution in [0.25, 0.3) is 0 Å². The average Bonchev–Trinajstić information content (AvgIpc) is 3.17. The quantitative estimate of drug-likeness (QED) is 0.403. The van der Waals surface area contributed by atoms with Crippen LogP contribution in [0.5, 0.6) is 0 Å². The predicted molar refractivity (Wildman–Crippen MR) is 113 cm³/mol. The number of rotatable bonds is 6. The fourth-order valence-electron chi connectivity index (χ4n) is 5.24. The second-order valence-electron chi connectivity index (χ2n) is 10.1. The summed E-state index contributed by atoms with van der Waals surface area (Å²) in [5.41, 5.74) is -0.517. The van der Waals surface area contributed by atoms with Gasteiger partial charge in [-0.15, -0.1) is 0 Å². The molecule has 1 N–H and O–H groups in total. The molecule has 159 valence electrons. The molecule has 0 bridgehead atoms. The van der Waals surface area contributed by atoms with Crippen molar-refractivity contribution in [1.29, 1.82) is 0 Å². The molecule has 5 heteroatoms. The zero-order chi connectivity index (χ0) is 20.6.